The fraction of sp³-hybridized carbons (Fsp3) is 0. The molecule has 0 unspecified atom stereocenters. The summed E-state index contributed by atoms with van der Waals surface area (Å²) in [6.07, 6.45) is 0. The predicted octanol–water partition coefficient (Wildman–Crippen LogP) is 1.77. The summed E-state index contributed by atoms with van der Waals surface area (Å²) < 4.78 is 1.04. The van der Waals surface area contributed by atoms with Gasteiger partial charge in [0.2, 0.25) is 5.96 Å². The summed E-state index contributed by atoms with van der Waals surface area (Å²) in [6.45, 7) is 0. The number of hydrogen-bond donors (Lipinski definition) is 4. The highest BCUT2D eigenvalue weighted by Crippen LogP contribution is 2.32. The second kappa shape index (κ2) is 5.93. The number of anilines is 1. The van der Waals surface area contributed by atoms with E-state index in [2.05, 4.69) is 15.0 Å². The summed E-state index contributed by atoms with van der Waals surface area (Å²) in [5.41, 5.74) is 25.2. The Morgan fingerprint density at radius 2 is 1.87 bits per heavy atom. The molecule has 1 heterocycles. The van der Waals surface area contributed by atoms with Gasteiger partial charge in [0.15, 0.2) is 5.96 Å². The van der Waals surface area contributed by atoms with E-state index in [0.29, 0.717) is 5.69 Å². The first kappa shape index (κ1) is 14.8. The van der Waals surface area contributed by atoms with Crippen LogP contribution in [0, 0.1) is 0 Å². The maximum absolute atomic E-state index is 5.80. The summed E-state index contributed by atoms with van der Waals surface area (Å²) in [5.74, 6) is -0.134. The zero-order valence-corrected chi connectivity index (χ0v) is 12.9. The van der Waals surface area contributed by atoms with E-state index in [4.69, 9.17) is 22.9 Å². The lowest BCUT2D eigenvalue weighted by atomic mass is 10.2. The van der Waals surface area contributed by atoms with Crippen molar-refractivity contribution in [2.45, 2.75) is 0 Å². The van der Waals surface area contributed by atoms with Gasteiger partial charge in [0.05, 0.1) is 15.9 Å². The van der Waals surface area contributed by atoms with Crippen molar-refractivity contribution in [3.63, 3.8) is 0 Å². The Morgan fingerprint density at radius 3 is 2.65 bits per heavy atom. The van der Waals surface area contributed by atoms with Crippen molar-refractivity contribution in [3.05, 3.63) is 42.5 Å². The molecular weight excluding hydrogens is 310 g/mol. The number of aliphatic imine (C=N–C) groups is 2. The predicted molar refractivity (Wildman–Crippen MR) is 96.6 cm³/mol. The molecule has 8 N–H and O–H groups in total. The number of thiazole rings is 1. The van der Waals surface area contributed by atoms with Crippen LogP contribution in [0.2, 0.25) is 0 Å². The highest BCUT2D eigenvalue weighted by Gasteiger charge is 2.07. The van der Waals surface area contributed by atoms with Gasteiger partial charge in [0.25, 0.3) is 0 Å². The minimum Gasteiger partial charge on any atom is -0.399 e. The Morgan fingerprint density at radius 1 is 1.04 bits per heavy atom. The molecule has 116 valence electrons. The lowest BCUT2D eigenvalue weighted by Crippen LogP contribution is -2.26. The van der Waals surface area contributed by atoms with E-state index < -0.39 is 0 Å². The summed E-state index contributed by atoms with van der Waals surface area (Å²) in [4.78, 5) is 12.5. The Labute approximate surface area is 136 Å². The van der Waals surface area contributed by atoms with Crippen molar-refractivity contribution < 1.29 is 0 Å². The quantitative estimate of drug-likeness (QED) is 0.323. The van der Waals surface area contributed by atoms with E-state index in [0.717, 1.165) is 26.5 Å². The summed E-state index contributed by atoms with van der Waals surface area (Å²) in [5, 5.41) is 0.878. The molecule has 0 aliphatic heterocycles. The molecule has 0 bridgehead atoms. The van der Waals surface area contributed by atoms with Crippen LogP contribution in [0.5, 0.6) is 0 Å². The maximum atomic E-state index is 5.80. The third-order valence-electron chi connectivity index (χ3n) is 2.99. The number of rotatable bonds is 2. The first-order valence-corrected chi connectivity index (χ1v) is 7.53. The van der Waals surface area contributed by atoms with Crippen molar-refractivity contribution in [1.29, 1.82) is 0 Å². The molecule has 23 heavy (non-hydrogen) atoms. The van der Waals surface area contributed by atoms with Crippen LogP contribution < -0.4 is 22.9 Å². The SMILES string of the molecule is NC(N)=NC(N)=Nc1cccc(-c2nc3ccc(N)cc3s2)c1. The van der Waals surface area contributed by atoms with Gasteiger partial charge >= 0.3 is 0 Å². The van der Waals surface area contributed by atoms with Crippen molar-refractivity contribution in [1.82, 2.24) is 4.98 Å². The van der Waals surface area contributed by atoms with Gasteiger partial charge < -0.3 is 22.9 Å². The highest BCUT2D eigenvalue weighted by atomic mass is 32.1. The van der Waals surface area contributed by atoms with E-state index >= 15 is 0 Å². The molecule has 0 amide bonds. The second-order valence-corrected chi connectivity index (χ2v) is 5.83. The molecule has 0 aliphatic rings. The Balaban J connectivity index is 1.99. The van der Waals surface area contributed by atoms with Gasteiger partial charge in [-0.15, -0.1) is 11.3 Å². The first-order valence-electron chi connectivity index (χ1n) is 6.71. The summed E-state index contributed by atoms with van der Waals surface area (Å²) in [6, 6.07) is 13.2. The Bertz CT molecular complexity index is 922. The third-order valence-corrected chi connectivity index (χ3v) is 4.06. The van der Waals surface area contributed by atoms with Crippen LogP contribution in [0.15, 0.2) is 52.4 Å². The van der Waals surface area contributed by atoms with E-state index in [1.807, 2.05) is 42.5 Å². The molecule has 0 aliphatic carbocycles. The van der Waals surface area contributed by atoms with Gasteiger partial charge in [-0.2, -0.15) is 4.99 Å². The largest absolute Gasteiger partial charge is 0.399 e. The Hall–Kier alpha value is -3.13. The number of aromatic nitrogens is 1. The van der Waals surface area contributed by atoms with Crippen LogP contribution >= 0.6 is 11.3 Å². The number of guanidine groups is 2. The molecule has 2 aromatic carbocycles. The molecule has 0 fully saturated rings. The van der Waals surface area contributed by atoms with Crippen LogP contribution in [0.1, 0.15) is 0 Å². The van der Waals surface area contributed by atoms with Gasteiger partial charge in [0, 0.05) is 11.3 Å². The molecule has 3 rings (SSSR count). The standard InChI is InChI=1S/C15H15N7S/c16-9-4-5-11-12(7-9)23-13(21-11)8-2-1-3-10(6-8)20-15(19)22-14(17)18/h1-7H,16H2,(H6,17,18,19,20,22). The topological polar surface area (TPSA) is 142 Å². The molecule has 7 nitrogen and oxygen atoms in total. The lowest BCUT2D eigenvalue weighted by Gasteiger charge is -1.99. The number of nitrogen functional groups attached to an aromatic ring is 1. The molecule has 0 spiro atoms. The van der Waals surface area contributed by atoms with Gasteiger partial charge in [0.1, 0.15) is 5.01 Å². The smallest absolute Gasteiger partial charge is 0.223 e. The average molecular weight is 325 g/mol. The monoisotopic (exact) mass is 325 g/mol. The summed E-state index contributed by atoms with van der Waals surface area (Å²) >= 11 is 1.56. The molecule has 0 radical (unpaired) electrons. The fourth-order valence-corrected chi connectivity index (χ4v) is 3.07. The van der Waals surface area contributed by atoms with E-state index in [1.54, 1.807) is 11.3 Å². The molecular formula is C15H15N7S. The third kappa shape index (κ3) is 3.38. The number of hydrogen-bond acceptors (Lipinski definition) is 4. The van der Waals surface area contributed by atoms with Gasteiger partial charge in [-0.05, 0) is 30.3 Å². The molecule has 0 saturated carbocycles. The van der Waals surface area contributed by atoms with Crippen molar-refractivity contribution >= 4 is 44.8 Å². The average Bonchev–Trinajstić information content (AvgIpc) is 2.89. The van der Waals surface area contributed by atoms with Gasteiger partial charge in [-0.1, -0.05) is 12.1 Å². The van der Waals surface area contributed by atoms with Crippen LogP contribution in [-0.4, -0.2) is 16.9 Å². The molecule has 0 atom stereocenters. The first-order chi connectivity index (χ1) is 11.0. The van der Waals surface area contributed by atoms with Crippen LogP contribution in [0.25, 0.3) is 20.8 Å². The van der Waals surface area contributed by atoms with Crippen molar-refractivity contribution in [2.75, 3.05) is 5.73 Å². The normalized spacial score (nSPS) is 11.6. The van der Waals surface area contributed by atoms with E-state index in [-0.39, 0.29) is 11.9 Å². The number of fused-ring (bicyclic) bond motifs is 1. The molecule has 1 aromatic heterocycles. The van der Waals surface area contributed by atoms with Crippen LogP contribution in [0.4, 0.5) is 11.4 Å². The lowest BCUT2D eigenvalue weighted by molar-refractivity contribution is 1.38. The fourth-order valence-electron chi connectivity index (χ4n) is 2.06. The highest BCUT2D eigenvalue weighted by molar-refractivity contribution is 7.21. The maximum Gasteiger partial charge on any atom is 0.223 e. The zero-order valence-electron chi connectivity index (χ0n) is 12.1. The zero-order chi connectivity index (χ0) is 16.4. The van der Waals surface area contributed by atoms with Crippen LogP contribution in [-0.2, 0) is 0 Å². The number of nitrogens with zero attached hydrogens (tertiary/aromatic N) is 3. The van der Waals surface area contributed by atoms with E-state index in [9.17, 15) is 0 Å². The van der Waals surface area contributed by atoms with Gasteiger partial charge in [-0.3, -0.25) is 0 Å². The summed E-state index contributed by atoms with van der Waals surface area (Å²) in [7, 11) is 0. The van der Waals surface area contributed by atoms with Crippen molar-refractivity contribution in [3.8, 4) is 10.6 Å². The molecule has 0 saturated heterocycles. The second-order valence-electron chi connectivity index (χ2n) is 4.80. The van der Waals surface area contributed by atoms with Crippen LogP contribution in [0.3, 0.4) is 0 Å². The van der Waals surface area contributed by atoms with E-state index in [1.165, 1.54) is 0 Å². The van der Waals surface area contributed by atoms with Gasteiger partial charge in [-0.25, -0.2) is 9.98 Å². The minimum absolute atomic E-state index is 0.000719. The molecule has 8 heteroatoms. The molecule has 3 aromatic rings. The minimum atomic E-state index is -0.133. The Kier molecular flexibility index (Phi) is 3.82. The van der Waals surface area contributed by atoms with Crippen molar-refractivity contribution in [2.24, 2.45) is 27.2 Å². The number of nitrogens with two attached hydrogens (primary N) is 4. The number of benzene rings is 2.